The molecule has 9 aliphatic rings. The number of hydrogen-bond donors (Lipinski definition) is 4. The third-order valence-corrected chi connectivity index (χ3v) is 22.8. The number of aromatic hydroxyl groups is 1. The number of carbonyl (C=O) groups excluding carboxylic acids is 6. The summed E-state index contributed by atoms with van der Waals surface area (Å²) in [7, 11) is 0. The summed E-state index contributed by atoms with van der Waals surface area (Å²) in [5, 5.41) is 17.8. The predicted octanol–water partition coefficient (Wildman–Crippen LogP) is 10.3. The lowest BCUT2D eigenvalue weighted by Gasteiger charge is -2.42. The van der Waals surface area contributed by atoms with E-state index in [1.165, 1.54) is 0 Å². The van der Waals surface area contributed by atoms with E-state index in [2.05, 4.69) is 16.0 Å². The number of amides is 6. The number of nitrogens with zero attached hydrogens (tertiary/aromatic N) is 6. The van der Waals surface area contributed by atoms with Crippen molar-refractivity contribution >= 4 is 35.4 Å². The molecule has 0 radical (unpaired) electrons. The lowest BCUT2D eigenvalue weighted by atomic mass is 9.89. The van der Waals surface area contributed by atoms with Gasteiger partial charge in [-0.15, -0.1) is 0 Å². The maximum atomic E-state index is 14.2. The Bertz CT molecular complexity index is 5090. The molecule has 4 N–H and O–H groups in total. The number of nitrogens with one attached hydrogen (secondary N) is 3. The maximum absolute atomic E-state index is 14.2. The minimum absolute atomic E-state index is 0.00969. The molecule has 17 rings (SSSR count). The third kappa shape index (κ3) is 13.0. The SMILES string of the molecule is O=C(NCc1c(F)cc(F)cc1F)c1c2n3c(c(O)c1=O)C(=O)N1CCCC[C@@]3(CC2)C1.O=C(NCc1c(F)cc(F)cc1F)c1c2n3c(c(OCc4ccccc4)c1=O)C(=O)N1CCCCC3(CC2)C1.O=C(NCc1c(F)cc(F)cc1F)c1c2n3c(c(OCc4ccccc4)c1=O)C(=O)N1CCCC[C@@]3(CC2)C1. The summed E-state index contributed by atoms with van der Waals surface area (Å²) in [6.07, 6.45) is 10.5. The van der Waals surface area contributed by atoms with Gasteiger partial charge in [0.05, 0.1) is 16.6 Å². The highest BCUT2D eigenvalue weighted by molar-refractivity contribution is 6.03. The molecule has 3 aromatic heterocycles. The first-order valence-electron chi connectivity index (χ1n) is 36.4. The van der Waals surface area contributed by atoms with Crippen LogP contribution in [-0.4, -0.2) is 108 Å². The Labute approximate surface area is 621 Å². The van der Waals surface area contributed by atoms with E-state index in [0.717, 1.165) is 68.9 Å². The number of rotatable bonds is 15. The topological polar surface area (TPSA) is 253 Å². The average Bonchev–Trinajstić information content (AvgIpc) is 1.52. The van der Waals surface area contributed by atoms with Crippen LogP contribution in [0.5, 0.6) is 17.2 Å². The van der Waals surface area contributed by atoms with Gasteiger partial charge in [0.1, 0.15) is 82.3 Å². The van der Waals surface area contributed by atoms with Gasteiger partial charge in [0.25, 0.3) is 35.4 Å². The normalized spacial score (nSPS) is 20.0. The molecule has 0 saturated carbocycles. The highest BCUT2D eigenvalue weighted by atomic mass is 19.2. The first-order valence-corrected chi connectivity index (χ1v) is 36.4. The summed E-state index contributed by atoms with van der Waals surface area (Å²) in [6, 6.07) is 21.4. The van der Waals surface area contributed by atoms with Gasteiger partial charge in [-0.05, 0) is 107 Å². The van der Waals surface area contributed by atoms with E-state index in [1.54, 1.807) is 19.3 Å². The molecule has 3 atom stereocenters. The van der Waals surface area contributed by atoms with Crippen LogP contribution >= 0.6 is 0 Å². The van der Waals surface area contributed by atoms with Crippen LogP contribution in [0.3, 0.4) is 0 Å². The Morgan fingerprint density at radius 3 is 1.00 bits per heavy atom. The summed E-state index contributed by atoms with van der Waals surface area (Å²) >= 11 is 0. The number of carbonyl (C=O) groups is 6. The molecular formula is C80H72F9N9O12. The second-order valence-electron chi connectivity index (χ2n) is 29.4. The zero-order valence-corrected chi connectivity index (χ0v) is 59.1. The first kappa shape index (κ1) is 74.0. The van der Waals surface area contributed by atoms with Crippen molar-refractivity contribution in [2.24, 2.45) is 0 Å². The number of ether oxygens (including phenoxy) is 2. The van der Waals surface area contributed by atoms with Crippen LogP contribution in [0.1, 0.15) is 184 Å². The van der Waals surface area contributed by atoms with Gasteiger partial charge in [-0.3, -0.25) is 43.2 Å². The van der Waals surface area contributed by atoms with Gasteiger partial charge >= 0.3 is 0 Å². The van der Waals surface area contributed by atoms with E-state index in [9.17, 15) is 87.8 Å². The van der Waals surface area contributed by atoms with Gasteiger partial charge < -0.3 is 58.9 Å². The Hall–Kier alpha value is -11.5. The number of fused-ring (bicyclic) bond motifs is 3. The minimum atomic E-state index is -1.17. The quantitative estimate of drug-likeness (QED) is 0.0700. The van der Waals surface area contributed by atoms with Crippen molar-refractivity contribution in [3.63, 3.8) is 0 Å². The molecular weight excluding hydrogens is 1450 g/mol. The van der Waals surface area contributed by atoms with Crippen LogP contribution < -0.4 is 41.7 Å². The molecule has 3 fully saturated rings. The number of pyridine rings is 3. The van der Waals surface area contributed by atoms with Crippen molar-refractivity contribution < 1.29 is 82.9 Å². The van der Waals surface area contributed by atoms with E-state index in [4.69, 9.17) is 9.47 Å². The van der Waals surface area contributed by atoms with Crippen LogP contribution in [0.4, 0.5) is 39.5 Å². The Morgan fingerprint density at radius 1 is 0.391 bits per heavy atom. The number of benzene rings is 5. The van der Waals surface area contributed by atoms with Crippen molar-refractivity contribution in [2.75, 3.05) is 39.3 Å². The molecule has 572 valence electrons. The molecule has 0 aliphatic carbocycles. The van der Waals surface area contributed by atoms with Gasteiger partial charge in [-0.1, -0.05) is 60.7 Å². The smallest absolute Gasteiger partial charge is 0.274 e. The average molecular weight is 1520 g/mol. The Balaban J connectivity index is 0.000000132. The lowest BCUT2D eigenvalue weighted by Crippen LogP contribution is -2.52. The molecule has 8 aromatic rings. The minimum Gasteiger partial charge on any atom is -0.503 e. The Kier molecular flexibility index (Phi) is 19.6. The van der Waals surface area contributed by atoms with Crippen LogP contribution in [0, 0.1) is 52.4 Å². The summed E-state index contributed by atoms with van der Waals surface area (Å²) in [4.78, 5) is 126. The molecule has 3 spiro atoms. The van der Waals surface area contributed by atoms with Gasteiger partial charge in [0, 0.05) is 129 Å². The van der Waals surface area contributed by atoms with Crippen LogP contribution in [0.2, 0.25) is 0 Å². The lowest BCUT2D eigenvalue weighted by molar-refractivity contribution is 0.0576. The standard InChI is InChI=1S/2C29H26F3N3O4.C22H20F3N3O4/c2*30-18-12-20(31)19(21(32)13-18)14-33-27(37)23-22-8-10-29-9-4-5-11-34(16-29)28(38)24(35(22)29)26(25(23)36)39-15-17-6-2-1-3-7-17;23-11-7-13(24)12(14(25)8-11)9-26-20(31)16-15-3-5-22-4-1-2-6-27(10-22)21(32)17(28(15)22)19(30)18(16)29/h2*1-3,6-7,12-13H,4-5,8-11,14-16H2,(H,33,37);7-8,30H,1-6,9-10H2,(H,26,31)/t29-;;22-/m1.1/s1. The summed E-state index contributed by atoms with van der Waals surface area (Å²) in [6.45, 7) is 1.35. The number of halogens is 9. The fourth-order valence-electron chi connectivity index (χ4n) is 17.7. The highest BCUT2D eigenvalue weighted by Crippen LogP contribution is 2.49. The Morgan fingerprint density at radius 2 is 0.682 bits per heavy atom. The van der Waals surface area contributed by atoms with Crippen molar-refractivity contribution in [2.45, 2.75) is 146 Å². The van der Waals surface area contributed by atoms with E-state index < -0.39 is 151 Å². The molecule has 12 heterocycles. The van der Waals surface area contributed by atoms with Crippen molar-refractivity contribution in [3.05, 3.63) is 259 Å². The molecule has 1 unspecified atom stereocenters. The fourth-order valence-corrected chi connectivity index (χ4v) is 17.7. The summed E-state index contributed by atoms with van der Waals surface area (Å²) < 4.78 is 142. The zero-order valence-electron chi connectivity index (χ0n) is 59.1. The van der Waals surface area contributed by atoms with Crippen LogP contribution in [0.25, 0.3) is 0 Å². The number of aromatic nitrogens is 3. The second-order valence-corrected chi connectivity index (χ2v) is 29.4. The van der Waals surface area contributed by atoms with Gasteiger partial charge in [-0.25, -0.2) is 39.5 Å². The fraction of sp³-hybridized carbons (Fsp3) is 0.362. The molecule has 30 heteroatoms. The van der Waals surface area contributed by atoms with Crippen molar-refractivity contribution in [3.8, 4) is 17.2 Å². The predicted molar refractivity (Wildman–Crippen MR) is 376 cm³/mol. The van der Waals surface area contributed by atoms with Gasteiger partial charge in [0.2, 0.25) is 16.3 Å². The van der Waals surface area contributed by atoms with Gasteiger partial charge in [0.15, 0.2) is 34.3 Å². The second kappa shape index (κ2) is 29.2. The van der Waals surface area contributed by atoms with E-state index in [0.29, 0.717) is 131 Å². The summed E-state index contributed by atoms with van der Waals surface area (Å²) in [5.74, 6) is -15.0. The van der Waals surface area contributed by atoms with E-state index in [-0.39, 0.29) is 70.3 Å². The third-order valence-electron chi connectivity index (χ3n) is 22.8. The molecule has 6 bridgehead atoms. The molecule has 5 aromatic carbocycles. The highest BCUT2D eigenvalue weighted by Gasteiger charge is 2.54. The maximum Gasteiger partial charge on any atom is 0.274 e. The molecule has 21 nitrogen and oxygen atoms in total. The van der Waals surface area contributed by atoms with Crippen LogP contribution in [0.15, 0.2) is 111 Å². The van der Waals surface area contributed by atoms with Gasteiger partial charge in [-0.2, -0.15) is 0 Å². The first-order chi connectivity index (χ1) is 52.8. The van der Waals surface area contributed by atoms with E-state index >= 15 is 0 Å². The largest absolute Gasteiger partial charge is 0.503 e. The monoisotopic (exact) mass is 1520 g/mol. The van der Waals surface area contributed by atoms with Crippen molar-refractivity contribution in [1.82, 2.24) is 44.4 Å². The molecule has 6 amide bonds. The molecule has 3 saturated heterocycles. The molecule has 9 aliphatic heterocycles. The molecule has 110 heavy (non-hydrogen) atoms. The van der Waals surface area contributed by atoms with Crippen molar-refractivity contribution in [1.29, 1.82) is 0 Å². The number of hydrogen-bond acceptors (Lipinski definition) is 12. The van der Waals surface area contributed by atoms with Crippen LogP contribution in [-0.2, 0) is 68.7 Å². The summed E-state index contributed by atoms with van der Waals surface area (Å²) in [5.41, 5.74) is -3.26. The van der Waals surface area contributed by atoms with E-state index in [1.807, 2.05) is 69.8 Å². The zero-order chi connectivity index (χ0) is 77.4.